The Kier molecular flexibility index (Phi) is 5.29. The zero-order chi connectivity index (χ0) is 19.7. The van der Waals surface area contributed by atoms with Gasteiger partial charge in [-0.1, -0.05) is 24.0 Å². The van der Waals surface area contributed by atoms with Crippen molar-refractivity contribution in [3.05, 3.63) is 34.4 Å². The van der Waals surface area contributed by atoms with E-state index in [1.54, 1.807) is 12.1 Å². The highest BCUT2D eigenvalue weighted by atomic mass is 16.7. The molecule has 0 N–H and O–H groups in total. The first-order valence-corrected chi connectivity index (χ1v) is 10.0. The van der Waals surface area contributed by atoms with E-state index in [0.29, 0.717) is 11.5 Å². The minimum absolute atomic E-state index is 0.203. The maximum Gasteiger partial charge on any atom is 0.513 e. The second-order valence-electron chi connectivity index (χ2n) is 7.65. The number of fused-ring (bicyclic) bond motifs is 5. The molecule has 0 saturated heterocycles. The Labute approximate surface area is 164 Å². The fourth-order valence-electron chi connectivity index (χ4n) is 5.19. The van der Waals surface area contributed by atoms with E-state index in [4.69, 9.17) is 18.9 Å². The first-order chi connectivity index (χ1) is 13.6. The van der Waals surface area contributed by atoms with Crippen molar-refractivity contribution in [3.63, 3.8) is 0 Å². The molecule has 0 amide bonds. The maximum absolute atomic E-state index is 11.9. The average molecular weight is 386 g/mol. The van der Waals surface area contributed by atoms with Crippen molar-refractivity contribution in [2.45, 2.75) is 63.2 Å². The van der Waals surface area contributed by atoms with Gasteiger partial charge in [-0.05, 0) is 50.7 Å². The van der Waals surface area contributed by atoms with E-state index in [9.17, 15) is 9.59 Å². The van der Waals surface area contributed by atoms with Gasteiger partial charge in [-0.25, -0.2) is 9.59 Å². The lowest BCUT2D eigenvalue weighted by atomic mass is 9.63. The summed E-state index contributed by atoms with van der Waals surface area (Å²) in [6.45, 7) is 0. The summed E-state index contributed by atoms with van der Waals surface area (Å²) in [5, 5.41) is 0. The molecule has 2 atom stereocenters. The quantitative estimate of drug-likeness (QED) is 0.374. The second kappa shape index (κ2) is 7.86. The number of allylic oxidation sites excluding steroid dienone is 2. The minimum Gasteiger partial charge on any atom is -0.437 e. The lowest BCUT2D eigenvalue weighted by Crippen LogP contribution is -2.26. The Morgan fingerprint density at radius 2 is 1.18 bits per heavy atom. The predicted octanol–water partition coefficient (Wildman–Crippen LogP) is 5.60. The third kappa shape index (κ3) is 3.25. The van der Waals surface area contributed by atoms with Gasteiger partial charge in [0.1, 0.15) is 11.5 Å². The predicted molar refractivity (Wildman–Crippen MR) is 102 cm³/mol. The highest BCUT2D eigenvalue weighted by molar-refractivity contribution is 5.70. The van der Waals surface area contributed by atoms with E-state index in [2.05, 4.69) is 0 Å². The van der Waals surface area contributed by atoms with Crippen LogP contribution < -0.4 is 9.47 Å². The highest BCUT2D eigenvalue weighted by Crippen LogP contribution is 2.57. The van der Waals surface area contributed by atoms with Crippen LogP contribution in [0.4, 0.5) is 9.59 Å². The zero-order valence-electron chi connectivity index (χ0n) is 16.4. The van der Waals surface area contributed by atoms with Crippen LogP contribution in [0.2, 0.25) is 0 Å². The first-order valence-electron chi connectivity index (χ1n) is 10.0. The molecule has 0 spiro atoms. The molecule has 2 unspecified atom stereocenters. The van der Waals surface area contributed by atoms with Crippen molar-refractivity contribution in [2.75, 3.05) is 14.2 Å². The number of methoxy groups -OCH3 is 2. The van der Waals surface area contributed by atoms with E-state index in [0.717, 1.165) is 49.7 Å². The van der Waals surface area contributed by atoms with Crippen molar-refractivity contribution in [2.24, 2.45) is 0 Å². The molecule has 28 heavy (non-hydrogen) atoms. The molecule has 0 aliphatic heterocycles. The Balaban J connectivity index is 1.89. The lowest BCUT2D eigenvalue weighted by Gasteiger charge is -2.42. The summed E-state index contributed by atoms with van der Waals surface area (Å²) < 4.78 is 20.5. The number of hydrogen-bond donors (Lipinski definition) is 0. The molecule has 1 aromatic rings. The molecule has 0 radical (unpaired) electrons. The number of benzene rings is 1. The van der Waals surface area contributed by atoms with Crippen molar-refractivity contribution < 1.29 is 28.5 Å². The van der Waals surface area contributed by atoms with Crippen LogP contribution >= 0.6 is 0 Å². The van der Waals surface area contributed by atoms with Crippen LogP contribution in [0.15, 0.2) is 23.3 Å². The lowest BCUT2D eigenvalue weighted by molar-refractivity contribution is 0.118. The molecule has 0 bridgehead atoms. The van der Waals surface area contributed by atoms with Crippen LogP contribution in [0.3, 0.4) is 0 Å². The minimum atomic E-state index is -0.736. The molecule has 0 heterocycles. The summed E-state index contributed by atoms with van der Waals surface area (Å²) in [7, 11) is 2.60. The normalized spacial score (nSPS) is 23.1. The number of ether oxygens (including phenoxy) is 4. The van der Waals surface area contributed by atoms with Gasteiger partial charge in [-0.2, -0.15) is 0 Å². The molecule has 150 valence electrons. The van der Waals surface area contributed by atoms with Crippen molar-refractivity contribution >= 4 is 12.3 Å². The van der Waals surface area contributed by atoms with E-state index in [1.165, 1.54) is 38.2 Å². The molecular formula is C22H26O6. The standard InChI is InChI=1S/C22H26O6/c1-25-21(23)27-17-11-12-18(28-22(24)26-2)20-16-10-6-4-8-14(16)13-7-3-5-9-15(13)19(17)20/h11-12,15-16H,3-10H2,1-2H3. The number of carbonyl (C=O) groups is 2. The van der Waals surface area contributed by atoms with Gasteiger partial charge >= 0.3 is 12.3 Å². The van der Waals surface area contributed by atoms with Crippen LogP contribution in [-0.4, -0.2) is 26.5 Å². The number of hydrogen-bond acceptors (Lipinski definition) is 6. The molecule has 4 rings (SSSR count). The first kappa shape index (κ1) is 18.8. The zero-order valence-corrected chi connectivity index (χ0v) is 16.4. The maximum atomic E-state index is 11.9. The second-order valence-corrected chi connectivity index (χ2v) is 7.65. The van der Waals surface area contributed by atoms with Crippen molar-refractivity contribution in [1.82, 2.24) is 0 Å². The SMILES string of the molecule is COC(=O)Oc1ccc(OC(=O)OC)c2c1C1CCCCC1=C1CCCCC12. The topological polar surface area (TPSA) is 71.1 Å². The van der Waals surface area contributed by atoms with Gasteiger partial charge in [-0.15, -0.1) is 0 Å². The Bertz CT molecular complexity index is 758. The molecule has 6 nitrogen and oxygen atoms in total. The van der Waals surface area contributed by atoms with E-state index >= 15 is 0 Å². The van der Waals surface area contributed by atoms with Gasteiger partial charge in [0.25, 0.3) is 0 Å². The van der Waals surface area contributed by atoms with Crippen molar-refractivity contribution in [3.8, 4) is 11.5 Å². The Morgan fingerprint density at radius 3 is 1.57 bits per heavy atom. The third-order valence-corrected chi connectivity index (χ3v) is 6.26. The molecule has 3 aliphatic rings. The number of rotatable bonds is 2. The molecule has 6 heteroatoms. The number of carbonyl (C=O) groups excluding carboxylic acids is 2. The largest absolute Gasteiger partial charge is 0.513 e. The monoisotopic (exact) mass is 386 g/mol. The van der Waals surface area contributed by atoms with E-state index in [1.807, 2.05) is 0 Å². The van der Waals surface area contributed by atoms with Gasteiger partial charge in [0.2, 0.25) is 0 Å². The van der Waals surface area contributed by atoms with Crippen LogP contribution in [0.25, 0.3) is 0 Å². The average Bonchev–Trinajstić information content (AvgIpc) is 2.74. The van der Waals surface area contributed by atoms with Gasteiger partial charge in [-0.3, -0.25) is 0 Å². The summed E-state index contributed by atoms with van der Waals surface area (Å²) in [5.74, 6) is 1.42. The molecule has 0 aromatic heterocycles. The Morgan fingerprint density at radius 1 is 0.750 bits per heavy atom. The molecule has 1 aromatic carbocycles. The fourth-order valence-corrected chi connectivity index (χ4v) is 5.19. The smallest absolute Gasteiger partial charge is 0.437 e. The highest BCUT2D eigenvalue weighted by Gasteiger charge is 2.40. The van der Waals surface area contributed by atoms with Crippen molar-refractivity contribution in [1.29, 1.82) is 0 Å². The van der Waals surface area contributed by atoms with Gasteiger partial charge < -0.3 is 18.9 Å². The van der Waals surface area contributed by atoms with Crippen LogP contribution in [0.5, 0.6) is 11.5 Å². The fraction of sp³-hybridized carbons (Fsp3) is 0.545. The summed E-state index contributed by atoms with van der Waals surface area (Å²) >= 11 is 0. The van der Waals surface area contributed by atoms with Crippen LogP contribution in [-0.2, 0) is 9.47 Å². The molecule has 2 saturated carbocycles. The van der Waals surface area contributed by atoms with E-state index < -0.39 is 12.3 Å². The third-order valence-electron chi connectivity index (χ3n) is 6.26. The molecule has 2 fully saturated rings. The van der Waals surface area contributed by atoms with E-state index in [-0.39, 0.29) is 11.8 Å². The van der Waals surface area contributed by atoms with Crippen LogP contribution in [0.1, 0.15) is 74.3 Å². The Hall–Kier alpha value is -2.50. The molecule has 3 aliphatic carbocycles. The summed E-state index contributed by atoms with van der Waals surface area (Å²) in [6.07, 6.45) is 7.39. The van der Waals surface area contributed by atoms with Gasteiger partial charge in [0.05, 0.1) is 14.2 Å². The summed E-state index contributed by atoms with van der Waals surface area (Å²) in [4.78, 5) is 23.7. The summed E-state index contributed by atoms with van der Waals surface area (Å²) in [6, 6.07) is 3.40. The summed E-state index contributed by atoms with van der Waals surface area (Å²) in [5.41, 5.74) is 4.98. The van der Waals surface area contributed by atoms with Crippen LogP contribution in [0, 0.1) is 0 Å². The molecular weight excluding hydrogens is 360 g/mol. The van der Waals surface area contributed by atoms with Gasteiger partial charge in [0, 0.05) is 23.0 Å². The van der Waals surface area contributed by atoms with Gasteiger partial charge in [0.15, 0.2) is 0 Å².